The van der Waals surface area contributed by atoms with Gasteiger partial charge in [-0.2, -0.15) is 0 Å². The average molecular weight is 399 g/mol. The van der Waals surface area contributed by atoms with Crippen molar-refractivity contribution in [2.45, 2.75) is 84.5 Å². The summed E-state index contributed by atoms with van der Waals surface area (Å²) < 4.78 is 7.15. The smallest absolute Gasteiger partial charge is 0.421 e. The van der Waals surface area contributed by atoms with E-state index in [0.29, 0.717) is 22.4 Å². The number of hydrogen-bond acceptors (Lipinski definition) is 3. The van der Waals surface area contributed by atoms with E-state index >= 15 is 0 Å². The SMILES string of the molecule is CC(C)[Si](C#Cc1nc2ccccc2n1C(=O)OC(C)(C)C)(C(C)C)C(C)C. The molecule has 2 aromatic rings. The summed E-state index contributed by atoms with van der Waals surface area (Å²) in [4.78, 5) is 17.6. The average Bonchev–Trinajstić information content (AvgIpc) is 2.91. The summed E-state index contributed by atoms with van der Waals surface area (Å²) in [7, 11) is -1.93. The van der Waals surface area contributed by atoms with Crippen LogP contribution in [0.4, 0.5) is 4.79 Å². The summed E-state index contributed by atoms with van der Waals surface area (Å²) in [5.74, 6) is 3.78. The number of nitrogens with zero attached hydrogens (tertiary/aromatic N) is 2. The summed E-state index contributed by atoms with van der Waals surface area (Å²) >= 11 is 0. The number of para-hydroxylation sites is 2. The Labute approximate surface area is 170 Å². The van der Waals surface area contributed by atoms with Crippen LogP contribution in [0.1, 0.15) is 68.1 Å². The first-order valence-electron chi connectivity index (χ1n) is 10.1. The maximum Gasteiger partial charge on any atom is 0.421 e. The fraction of sp³-hybridized carbons (Fsp3) is 0.565. The molecule has 0 unspecified atom stereocenters. The van der Waals surface area contributed by atoms with Crippen LogP contribution in [-0.2, 0) is 4.74 Å². The van der Waals surface area contributed by atoms with Crippen LogP contribution in [0.5, 0.6) is 0 Å². The number of hydrogen-bond donors (Lipinski definition) is 0. The van der Waals surface area contributed by atoms with Gasteiger partial charge < -0.3 is 4.74 Å². The number of carbonyl (C=O) groups excluding carboxylic acids is 1. The largest absolute Gasteiger partial charge is 0.443 e. The molecule has 0 N–H and O–H groups in total. The zero-order valence-electron chi connectivity index (χ0n) is 18.8. The minimum Gasteiger partial charge on any atom is -0.443 e. The highest BCUT2D eigenvalue weighted by Crippen LogP contribution is 2.40. The molecule has 1 heterocycles. The Bertz CT molecular complexity index is 886. The van der Waals surface area contributed by atoms with Crippen molar-refractivity contribution in [1.29, 1.82) is 0 Å². The normalized spacial score (nSPS) is 12.6. The second-order valence-electron chi connectivity index (χ2n) is 9.39. The van der Waals surface area contributed by atoms with Gasteiger partial charge >= 0.3 is 6.09 Å². The van der Waals surface area contributed by atoms with Crippen molar-refractivity contribution in [3.63, 3.8) is 0 Å². The quantitative estimate of drug-likeness (QED) is 0.444. The molecule has 0 saturated carbocycles. The Hall–Kier alpha value is -2.06. The van der Waals surface area contributed by atoms with Crippen molar-refractivity contribution in [3.8, 4) is 11.5 Å². The predicted molar refractivity (Wildman–Crippen MR) is 119 cm³/mol. The third-order valence-electron chi connectivity index (χ3n) is 5.39. The van der Waals surface area contributed by atoms with Gasteiger partial charge in [-0.05, 0) is 55.4 Å². The lowest BCUT2D eigenvalue weighted by Crippen LogP contribution is -2.43. The first-order valence-corrected chi connectivity index (χ1v) is 12.4. The van der Waals surface area contributed by atoms with Gasteiger partial charge in [-0.3, -0.25) is 0 Å². The number of benzene rings is 1. The first-order chi connectivity index (χ1) is 12.9. The zero-order chi connectivity index (χ0) is 21.3. The molecule has 0 atom stereocenters. The van der Waals surface area contributed by atoms with E-state index in [4.69, 9.17) is 4.74 Å². The minimum atomic E-state index is -1.93. The maximum absolute atomic E-state index is 12.9. The lowest BCUT2D eigenvalue weighted by Gasteiger charge is -2.38. The molecule has 1 aromatic heterocycles. The van der Waals surface area contributed by atoms with Gasteiger partial charge in [0.2, 0.25) is 0 Å². The minimum absolute atomic E-state index is 0.434. The van der Waals surface area contributed by atoms with E-state index in [1.807, 2.05) is 45.0 Å². The Morgan fingerprint density at radius 3 is 2.07 bits per heavy atom. The molecule has 1 aromatic carbocycles. The van der Waals surface area contributed by atoms with Crippen LogP contribution in [0.2, 0.25) is 16.6 Å². The molecule has 0 aliphatic heterocycles. The van der Waals surface area contributed by atoms with Crippen molar-refractivity contribution >= 4 is 25.2 Å². The number of aromatic nitrogens is 2. The molecule has 0 amide bonds. The third-order valence-corrected chi connectivity index (χ3v) is 11.7. The molecule has 0 saturated heterocycles. The molecule has 0 aliphatic rings. The van der Waals surface area contributed by atoms with Gasteiger partial charge in [0, 0.05) is 0 Å². The van der Waals surface area contributed by atoms with Gasteiger partial charge in [-0.1, -0.05) is 53.7 Å². The summed E-state index contributed by atoms with van der Waals surface area (Å²) in [5, 5.41) is 0. The fourth-order valence-electron chi connectivity index (χ4n) is 4.20. The van der Waals surface area contributed by atoms with Gasteiger partial charge in [0.15, 0.2) is 5.82 Å². The van der Waals surface area contributed by atoms with Crippen molar-refractivity contribution < 1.29 is 9.53 Å². The first kappa shape index (κ1) is 22.2. The second-order valence-corrected chi connectivity index (χ2v) is 15.0. The van der Waals surface area contributed by atoms with Crippen LogP contribution in [0.25, 0.3) is 11.0 Å². The monoisotopic (exact) mass is 398 g/mol. The molecular weight excluding hydrogens is 364 g/mol. The molecule has 0 spiro atoms. The molecule has 0 bridgehead atoms. The predicted octanol–water partition coefficient (Wildman–Crippen LogP) is 6.39. The molecule has 0 radical (unpaired) electrons. The van der Waals surface area contributed by atoms with Crippen molar-refractivity contribution in [3.05, 3.63) is 30.1 Å². The molecule has 5 heteroatoms. The second kappa shape index (κ2) is 8.12. The molecule has 2 rings (SSSR count). The molecule has 0 aliphatic carbocycles. The summed E-state index contributed by atoms with van der Waals surface area (Å²) in [6, 6.07) is 7.60. The van der Waals surface area contributed by atoms with E-state index in [1.54, 1.807) is 0 Å². The van der Waals surface area contributed by atoms with Gasteiger partial charge in [0.1, 0.15) is 13.7 Å². The molecule has 28 heavy (non-hydrogen) atoms. The van der Waals surface area contributed by atoms with Gasteiger partial charge in [0.25, 0.3) is 0 Å². The molecular formula is C23H34N2O2Si. The lowest BCUT2D eigenvalue weighted by atomic mass is 10.2. The van der Waals surface area contributed by atoms with Crippen molar-refractivity contribution in [2.24, 2.45) is 0 Å². The summed E-state index contributed by atoms with van der Waals surface area (Å²) in [6.45, 7) is 19.2. The number of fused-ring (bicyclic) bond motifs is 1. The highest BCUT2D eigenvalue weighted by atomic mass is 28.3. The van der Waals surface area contributed by atoms with Gasteiger partial charge in [-0.25, -0.2) is 14.3 Å². The van der Waals surface area contributed by atoms with Gasteiger partial charge in [-0.15, -0.1) is 5.54 Å². The van der Waals surface area contributed by atoms with E-state index in [-0.39, 0.29) is 0 Å². The molecule has 0 fully saturated rings. The Kier molecular flexibility index (Phi) is 6.45. The highest BCUT2D eigenvalue weighted by Gasteiger charge is 2.41. The Morgan fingerprint density at radius 1 is 1.04 bits per heavy atom. The Morgan fingerprint density at radius 2 is 1.57 bits per heavy atom. The number of carbonyl (C=O) groups is 1. The van der Waals surface area contributed by atoms with E-state index in [2.05, 4.69) is 58.0 Å². The number of rotatable bonds is 3. The summed E-state index contributed by atoms with van der Waals surface area (Å²) in [6.07, 6.45) is -0.434. The van der Waals surface area contributed by atoms with Crippen molar-refractivity contribution in [2.75, 3.05) is 0 Å². The highest BCUT2D eigenvalue weighted by molar-refractivity contribution is 6.90. The third kappa shape index (κ3) is 4.33. The standard InChI is InChI=1S/C23H34N2O2Si/c1-16(2)28(17(3)4,18(5)6)15-14-21-24-19-12-10-11-13-20(19)25(21)22(26)27-23(7,8)9/h10-13,16-18H,1-9H3. The Balaban J connectivity index is 2.67. The van der Waals surface area contributed by atoms with E-state index in [0.717, 1.165) is 11.0 Å². The van der Waals surface area contributed by atoms with E-state index in [1.165, 1.54) is 4.57 Å². The maximum atomic E-state index is 12.9. The van der Waals surface area contributed by atoms with Gasteiger partial charge in [0.05, 0.1) is 11.0 Å². The van der Waals surface area contributed by atoms with Crippen LogP contribution in [0.3, 0.4) is 0 Å². The van der Waals surface area contributed by atoms with E-state index < -0.39 is 19.8 Å². The zero-order valence-corrected chi connectivity index (χ0v) is 19.8. The van der Waals surface area contributed by atoms with E-state index in [9.17, 15) is 4.79 Å². The number of ether oxygens (including phenoxy) is 1. The lowest BCUT2D eigenvalue weighted by molar-refractivity contribution is 0.0542. The molecule has 4 nitrogen and oxygen atoms in total. The van der Waals surface area contributed by atoms with Crippen LogP contribution in [-0.4, -0.2) is 29.3 Å². The fourth-order valence-corrected chi connectivity index (χ4v) is 9.39. The van der Waals surface area contributed by atoms with Crippen LogP contribution >= 0.6 is 0 Å². The number of imidazole rings is 1. The van der Waals surface area contributed by atoms with Crippen LogP contribution < -0.4 is 0 Å². The summed E-state index contributed by atoms with van der Waals surface area (Å²) in [5.41, 5.74) is 6.10. The van der Waals surface area contributed by atoms with Crippen LogP contribution in [0, 0.1) is 11.5 Å². The van der Waals surface area contributed by atoms with Crippen molar-refractivity contribution in [1.82, 2.24) is 9.55 Å². The van der Waals surface area contributed by atoms with Crippen LogP contribution in [0.15, 0.2) is 24.3 Å². The topological polar surface area (TPSA) is 44.1 Å². The molecule has 152 valence electrons.